The van der Waals surface area contributed by atoms with Gasteiger partial charge in [0.1, 0.15) is 12.1 Å². The molecule has 2 atom stereocenters. The van der Waals surface area contributed by atoms with Gasteiger partial charge in [-0.1, -0.05) is 62.4 Å². The summed E-state index contributed by atoms with van der Waals surface area (Å²) in [6.45, 7) is 8.49. The van der Waals surface area contributed by atoms with Gasteiger partial charge in [0.2, 0.25) is 5.91 Å². The first-order valence-electron chi connectivity index (χ1n) is 11.2. The average Bonchev–Trinajstić information content (AvgIpc) is 3.05. The fourth-order valence-corrected chi connectivity index (χ4v) is 4.50. The Morgan fingerprint density at radius 3 is 1.97 bits per heavy atom. The van der Waals surface area contributed by atoms with E-state index < -0.39 is 35.5 Å². The van der Waals surface area contributed by atoms with Crippen molar-refractivity contribution in [2.24, 2.45) is 11.8 Å². The minimum Gasteiger partial charge on any atom is -0.481 e. The van der Waals surface area contributed by atoms with Gasteiger partial charge in [-0.15, -0.1) is 0 Å². The Labute approximate surface area is 194 Å². The molecule has 176 valence electrons. The van der Waals surface area contributed by atoms with Gasteiger partial charge in [0.15, 0.2) is 0 Å². The van der Waals surface area contributed by atoms with Gasteiger partial charge in [0.25, 0.3) is 0 Å². The second-order valence-electron chi connectivity index (χ2n) is 9.45. The zero-order valence-corrected chi connectivity index (χ0v) is 19.7. The lowest BCUT2D eigenvalue weighted by Gasteiger charge is -2.30. The Balaban J connectivity index is 1.62. The van der Waals surface area contributed by atoms with E-state index in [1.165, 1.54) is 0 Å². The van der Waals surface area contributed by atoms with Gasteiger partial charge in [-0.05, 0) is 48.9 Å². The summed E-state index contributed by atoms with van der Waals surface area (Å²) in [5, 5.41) is 14.8. The second kappa shape index (κ2) is 9.65. The van der Waals surface area contributed by atoms with Crippen molar-refractivity contribution in [3.05, 3.63) is 59.7 Å². The largest absolute Gasteiger partial charge is 0.481 e. The van der Waals surface area contributed by atoms with E-state index in [0.29, 0.717) is 0 Å². The highest BCUT2D eigenvalue weighted by Crippen LogP contribution is 2.44. The molecule has 0 spiro atoms. The molecular weight excluding hydrogens is 420 g/mol. The van der Waals surface area contributed by atoms with Crippen LogP contribution < -0.4 is 10.6 Å². The second-order valence-corrected chi connectivity index (χ2v) is 9.45. The first-order chi connectivity index (χ1) is 15.5. The number of carboxylic acids is 1. The average molecular weight is 453 g/mol. The fourth-order valence-electron chi connectivity index (χ4n) is 4.50. The molecule has 2 amide bonds. The summed E-state index contributed by atoms with van der Waals surface area (Å²) in [5.74, 6) is -2.42. The number of hydrogen-bond donors (Lipinski definition) is 3. The summed E-state index contributed by atoms with van der Waals surface area (Å²) in [5.41, 5.74) is 3.19. The number of rotatable bonds is 8. The summed E-state index contributed by atoms with van der Waals surface area (Å²) in [7, 11) is 0. The molecule has 2 unspecified atom stereocenters. The predicted molar refractivity (Wildman–Crippen MR) is 126 cm³/mol. The van der Waals surface area contributed by atoms with Crippen molar-refractivity contribution >= 4 is 18.0 Å². The Morgan fingerprint density at radius 1 is 0.970 bits per heavy atom. The Bertz CT molecular complexity index is 1000. The van der Waals surface area contributed by atoms with Crippen LogP contribution in [0.15, 0.2) is 48.5 Å². The standard InChI is InChI=1S/C26H32N2O5/c1-15(2)22(23(29)30)16(3)27-24(31)26(4,5)28-25(32)33-14-21-19-12-8-6-10-17(19)18-11-7-9-13-20(18)21/h6-13,15-16,21-22H,14H2,1-5H3,(H,27,31)(H,28,32)(H,29,30). The third-order valence-electron chi connectivity index (χ3n) is 6.23. The highest BCUT2D eigenvalue weighted by Gasteiger charge is 2.36. The lowest BCUT2D eigenvalue weighted by molar-refractivity contribution is -0.144. The molecule has 0 saturated heterocycles. The van der Waals surface area contributed by atoms with Crippen LogP contribution in [0.1, 0.15) is 51.7 Å². The van der Waals surface area contributed by atoms with Gasteiger partial charge in [-0.3, -0.25) is 9.59 Å². The molecule has 3 N–H and O–H groups in total. The molecule has 1 aliphatic rings. The predicted octanol–water partition coefficient (Wildman–Crippen LogP) is 4.17. The summed E-state index contributed by atoms with van der Waals surface area (Å²) >= 11 is 0. The summed E-state index contributed by atoms with van der Waals surface area (Å²) in [4.78, 5) is 36.9. The molecule has 2 aromatic carbocycles. The number of ether oxygens (including phenoxy) is 1. The zero-order valence-electron chi connectivity index (χ0n) is 19.7. The monoisotopic (exact) mass is 452 g/mol. The Morgan fingerprint density at radius 2 is 1.48 bits per heavy atom. The maximum absolute atomic E-state index is 12.8. The third kappa shape index (κ3) is 5.18. The first-order valence-corrected chi connectivity index (χ1v) is 11.2. The highest BCUT2D eigenvalue weighted by atomic mass is 16.5. The number of carbonyl (C=O) groups is 3. The van der Waals surface area contributed by atoms with Gasteiger partial charge in [0, 0.05) is 12.0 Å². The number of amides is 2. The van der Waals surface area contributed by atoms with Crippen molar-refractivity contribution in [3.8, 4) is 11.1 Å². The molecule has 0 bridgehead atoms. The normalized spacial score (nSPS) is 14.7. The number of alkyl carbamates (subject to hydrolysis) is 1. The Kier molecular flexibility index (Phi) is 7.10. The van der Waals surface area contributed by atoms with E-state index in [2.05, 4.69) is 22.8 Å². The molecular formula is C26H32N2O5. The lowest BCUT2D eigenvalue weighted by atomic mass is 9.89. The molecule has 0 radical (unpaired) electrons. The number of carboxylic acid groups (broad SMARTS) is 1. The minimum absolute atomic E-state index is 0.0810. The van der Waals surface area contributed by atoms with E-state index in [4.69, 9.17) is 4.74 Å². The molecule has 1 aliphatic carbocycles. The smallest absolute Gasteiger partial charge is 0.408 e. The maximum atomic E-state index is 12.8. The Hall–Kier alpha value is -3.35. The summed E-state index contributed by atoms with van der Waals surface area (Å²) in [6, 6.07) is 15.5. The first kappa shape index (κ1) is 24.3. The third-order valence-corrected chi connectivity index (χ3v) is 6.23. The van der Waals surface area contributed by atoms with Crippen LogP contribution in [0, 0.1) is 11.8 Å². The SMILES string of the molecule is CC(C)C(C(=O)O)C(C)NC(=O)C(C)(C)NC(=O)OCC1c2ccccc2-c2ccccc21. The van der Waals surface area contributed by atoms with E-state index in [1.54, 1.807) is 34.6 Å². The van der Waals surface area contributed by atoms with Crippen molar-refractivity contribution in [1.29, 1.82) is 0 Å². The minimum atomic E-state index is -1.28. The van der Waals surface area contributed by atoms with Gasteiger partial charge in [-0.25, -0.2) is 4.79 Å². The van der Waals surface area contributed by atoms with Crippen LogP contribution in [-0.4, -0.2) is 41.3 Å². The number of nitrogens with one attached hydrogen (secondary N) is 2. The quantitative estimate of drug-likeness (QED) is 0.558. The van der Waals surface area contributed by atoms with Gasteiger partial charge < -0.3 is 20.5 Å². The van der Waals surface area contributed by atoms with Crippen LogP contribution >= 0.6 is 0 Å². The number of fused-ring (bicyclic) bond motifs is 3. The van der Waals surface area contributed by atoms with E-state index in [1.807, 2.05) is 36.4 Å². The van der Waals surface area contributed by atoms with Crippen molar-refractivity contribution < 1.29 is 24.2 Å². The van der Waals surface area contributed by atoms with Crippen LogP contribution in [0.3, 0.4) is 0 Å². The summed E-state index contributed by atoms with van der Waals surface area (Å²) < 4.78 is 5.53. The zero-order chi connectivity index (χ0) is 24.3. The molecule has 0 heterocycles. The van der Waals surface area contributed by atoms with E-state index >= 15 is 0 Å². The lowest BCUT2D eigenvalue weighted by Crippen LogP contribution is -2.58. The number of hydrogen-bond acceptors (Lipinski definition) is 4. The van der Waals surface area contributed by atoms with Crippen molar-refractivity contribution in [1.82, 2.24) is 10.6 Å². The fraction of sp³-hybridized carbons (Fsp3) is 0.423. The van der Waals surface area contributed by atoms with E-state index in [9.17, 15) is 19.5 Å². The molecule has 0 fully saturated rings. The maximum Gasteiger partial charge on any atom is 0.408 e. The van der Waals surface area contributed by atoms with Crippen molar-refractivity contribution in [2.45, 2.75) is 52.1 Å². The van der Waals surface area contributed by atoms with Gasteiger partial charge in [-0.2, -0.15) is 0 Å². The van der Waals surface area contributed by atoms with Crippen LogP contribution in [-0.2, 0) is 14.3 Å². The van der Waals surface area contributed by atoms with Gasteiger partial charge >= 0.3 is 12.1 Å². The molecule has 2 aromatic rings. The van der Waals surface area contributed by atoms with Gasteiger partial charge in [0.05, 0.1) is 5.92 Å². The van der Waals surface area contributed by atoms with Crippen LogP contribution in [0.4, 0.5) is 4.79 Å². The molecule has 33 heavy (non-hydrogen) atoms. The number of benzene rings is 2. The molecule has 3 rings (SSSR count). The van der Waals surface area contributed by atoms with Crippen molar-refractivity contribution in [2.75, 3.05) is 6.61 Å². The van der Waals surface area contributed by atoms with E-state index in [-0.39, 0.29) is 18.4 Å². The van der Waals surface area contributed by atoms with Crippen molar-refractivity contribution in [3.63, 3.8) is 0 Å². The van der Waals surface area contributed by atoms with Crippen LogP contribution in [0.2, 0.25) is 0 Å². The van der Waals surface area contributed by atoms with Crippen LogP contribution in [0.25, 0.3) is 11.1 Å². The summed E-state index contributed by atoms with van der Waals surface area (Å²) in [6.07, 6.45) is -0.705. The molecule has 0 aliphatic heterocycles. The highest BCUT2D eigenvalue weighted by molar-refractivity contribution is 5.89. The topological polar surface area (TPSA) is 105 Å². The van der Waals surface area contributed by atoms with Crippen LogP contribution in [0.5, 0.6) is 0 Å². The number of aliphatic carboxylic acids is 1. The van der Waals surface area contributed by atoms with E-state index in [0.717, 1.165) is 22.3 Å². The molecule has 0 saturated carbocycles. The number of carbonyl (C=O) groups excluding carboxylic acids is 2. The molecule has 7 nitrogen and oxygen atoms in total. The molecule has 7 heteroatoms. The molecule has 0 aromatic heterocycles.